The molecule has 0 spiro atoms. The lowest BCUT2D eigenvalue weighted by Gasteiger charge is -2.33. The third-order valence-corrected chi connectivity index (χ3v) is 8.63. The molecule has 224 valence electrons. The molecule has 0 heterocycles. The third-order valence-electron chi connectivity index (χ3n) is 6.84. The topological polar surface area (TPSA) is 139 Å². The minimum atomic E-state index is -4.34. The molecule has 0 radical (unpaired) electrons. The third kappa shape index (κ3) is 7.84. The first-order valence-corrected chi connectivity index (χ1v) is 15.0. The number of rotatable bonds is 14. The number of nitro benzene ring substituents is 1. The molecule has 12 heteroatoms. The standard InChI is InChI=1S/C30H36N4O7S/c1-5-22(3)31-30(36)28(6-2)32(20-23-15-17-26(41-4)18-16-23)29(35)21-33(24-11-10-12-25(19-24)34(37)38)42(39,40)27-13-8-7-9-14-27/h7-19,22,28H,5-6,20-21H2,1-4H3,(H,31,36). The van der Waals surface area contributed by atoms with Crippen LogP contribution in [0.4, 0.5) is 11.4 Å². The van der Waals surface area contributed by atoms with Gasteiger partial charge in [-0.05, 0) is 55.7 Å². The number of ether oxygens (including phenoxy) is 1. The highest BCUT2D eigenvalue weighted by molar-refractivity contribution is 7.92. The first kappa shape index (κ1) is 32.1. The first-order valence-electron chi connectivity index (χ1n) is 13.6. The Morgan fingerprint density at radius 3 is 2.21 bits per heavy atom. The number of hydrogen-bond donors (Lipinski definition) is 1. The van der Waals surface area contributed by atoms with E-state index in [2.05, 4.69) is 5.32 Å². The van der Waals surface area contributed by atoms with Gasteiger partial charge in [0.15, 0.2) is 0 Å². The maximum atomic E-state index is 14.1. The fraction of sp³-hybridized carbons (Fsp3) is 0.333. The van der Waals surface area contributed by atoms with Crippen molar-refractivity contribution in [1.29, 1.82) is 0 Å². The van der Waals surface area contributed by atoms with Crippen molar-refractivity contribution in [3.63, 3.8) is 0 Å². The van der Waals surface area contributed by atoms with E-state index >= 15 is 0 Å². The lowest BCUT2D eigenvalue weighted by Crippen LogP contribution is -2.53. The summed E-state index contributed by atoms with van der Waals surface area (Å²) in [5, 5.41) is 14.4. The van der Waals surface area contributed by atoms with E-state index in [4.69, 9.17) is 4.74 Å². The van der Waals surface area contributed by atoms with Gasteiger partial charge in [-0.2, -0.15) is 0 Å². The first-order chi connectivity index (χ1) is 20.0. The summed E-state index contributed by atoms with van der Waals surface area (Å²) in [6.07, 6.45) is 0.955. The van der Waals surface area contributed by atoms with Crippen LogP contribution in [-0.2, 0) is 26.2 Å². The summed E-state index contributed by atoms with van der Waals surface area (Å²) >= 11 is 0. The Bertz CT molecular complexity index is 1480. The average Bonchev–Trinajstić information content (AvgIpc) is 3.00. The van der Waals surface area contributed by atoms with Gasteiger partial charge >= 0.3 is 0 Å². The van der Waals surface area contributed by atoms with Crippen LogP contribution in [0.3, 0.4) is 0 Å². The van der Waals surface area contributed by atoms with Gasteiger partial charge in [0.1, 0.15) is 18.3 Å². The Balaban J connectivity index is 2.08. The fourth-order valence-electron chi connectivity index (χ4n) is 4.30. The molecule has 2 amide bonds. The Hall–Kier alpha value is -4.45. The molecular formula is C30H36N4O7S. The molecular weight excluding hydrogens is 560 g/mol. The van der Waals surface area contributed by atoms with Crippen LogP contribution < -0.4 is 14.4 Å². The number of non-ortho nitro benzene ring substituents is 1. The van der Waals surface area contributed by atoms with Crippen molar-refractivity contribution < 1.29 is 27.7 Å². The van der Waals surface area contributed by atoms with Crippen molar-refractivity contribution in [2.75, 3.05) is 18.0 Å². The Kier molecular flexibility index (Phi) is 11.0. The molecule has 0 fully saturated rings. The molecule has 11 nitrogen and oxygen atoms in total. The van der Waals surface area contributed by atoms with Gasteiger partial charge < -0.3 is 15.0 Å². The number of nitrogens with zero attached hydrogens (tertiary/aromatic N) is 3. The fourth-order valence-corrected chi connectivity index (χ4v) is 5.73. The quantitative estimate of drug-likeness (QED) is 0.213. The van der Waals surface area contributed by atoms with Crippen LogP contribution >= 0.6 is 0 Å². The number of carbonyl (C=O) groups is 2. The average molecular weight is 597 g/mol. The zero-order valence-corrected chi connectivity index (χ0v) is 24.9. The summed E-state index contributed by atoms with van der Waals surface area (Å²) in [6, 6.07) is 18.5. The number of sulfonamides is 1. The largest absolute Gasteiger partial charge is 0.497 e. The monoisotopic (exact) mass is 596 g/mol. The van der Waals surface area contributed by atoms with Crippen molar-refractivity contribution in [3.05, 3.63) is 94.5 Å². The van der Waals surface area contributed by atoms with Crippen molar-refractivity contribution in [2.24, 2.45) is 0 Å². The van der Waals surface area contributed by atoms with Crippen LogP contribution in [0.2, 0.25) is 0 Å². The maximum absolute atomic E-state index is 14.1. The van der Waals surface area contributed by atoms with E-state index in [1.54, 1.807) is 49.4 Å². The smallest absolute Gasteiger partial charge is 0.271 e. The number of carbonyl (C=O) groups excluding carboxylic acids is 2. The van der Waals surface area contributed by atoms with Crippen molar-refractivity contribution >= 4 is 33.2 Å². The second-order valence-corrected chi connectivity index (χ2v) is 11.6. The van der Waals surface area contributed by atoms with E-state index < -0.39 is 33.4 Å². The van der Waals surface area contributed by atoms with Gasteiger partial charge in [-0.15, -0.1) is 0 Å². The second kappa shape index (κ2) is 14.4. The summed E-state index contributed by atoms with van der Waals surface area (Å²) in [6.45, 7) is 4.88. The molecule has 42 heavy (non-hydrogen) atoms. The van der Waals surface area contributed by atoms with Crippen molar-refractivity contribution in [2.45, 2.75) is 57.1 Å². The van der Waals surface area contributed by atoms with Gasteiger partial charge in [-0.1, -0.05) is 50.2 Å². The molecule has 1 N–H and O–H groups in total. The SMILES string of the molecule is CCC(C)NC(=O)C(CC)N(Cc1ccc(OC)cc1)C(=O)CN(c1cccc([N+](=O)[O-])c1)S(=O)(=O)c1ccccc1. The molecule has 0 aliphatic carbocycles. The highest BCUT2D eigenvalue weighted by Gasteiger charge is 2.34. The number of methoxy groups -OCH3 is 1. The number of benzene rings is 3. The Labute approximate surface area is 246 Å². The molecule has 0 saturated carbocycles. The van der Waals surface area contributed by atoms with Gasteiger partial charge in [0.05, 0.1) is 22.6 Å². The van der Waals surface area contributed by atoms with E-state index in [0.717, 1.165) is 10.4 Å². The Morgan fingerprint density at radius 2 is 1.64 bits per heavy atom. The normalized spacial score (nSPS) is 12.6. The number of hydrogen-bond acceptors (Lipinski definition) is 7. The summed E-state index contributed by atoms with van der Waals surface area (Å²) in [5.74, 6) is -0.395. The molecule has 2 unspecified atom stereocenters. The van der Waals surface area contributed by atoms with Crippen LogP contribution in [0.1, 0.15) is 39.2 Å². The van der Waals surface area contributed by atoms with Crippen LogP contribution in [0, 0.1) is 10.1 Å². The van der Waals surface area contributed by atoms with Crippen LogP contribution in [0.25, 0.3) is 0 Å². The van der Waals surface area contributed by atoms with E-state index in [1.807, 2.05) is 13.8 Å². The number of anilines is 1. The molecule has 0 aromatic heterocycles. The lowest BCUT2D eigenvalue weighted by molar-refractivity contribution is -0.384. The highest BCUT2D eigenvalue weighted by atomic mass is 32.2. The van der Waals surface area contributed by atoms with Crippen LogP contribution in [-0.4, -0.2) is 55.8 Å². The predicted molar refractivity (Wildman–Crippen MR) is 160 cm³/mol. The zero-order valence-electron chi connectivity index (χ0n) is 24.1. The molecule has 0 aliphatic heterocycles. The van der Waals surface area contributed by atoms with Crippen molar-refractivity contribution in [3.8, 4) is 5.75 Å². The lowest BCUT2D eigenvalue weighted by atomic mass is 10.1. The van der Waals surface area contributed by atoms with E-state index in [0.29, 0.717) is 17.7 Å². The summed E-state index contributed by atoms with van der Waals surface area (Å²) in [7, 11) is -2.80. The molecule has 3 aromatic carbocycles. The Morgan fingerprint density at radius 1 is 0.976 bits per heavy atom. The van der Waals surface area contributed by atoms with Crippen LogP contribution in [0.15, 0.2) is 83.8 Å². The molecule has 0 aliphatic rings. The molecule has 0 saturated heterocycles. The zero-order chi connectivity index (χ0) is 30.9. The van der Waals surface area contributed by atoms with Gasteiger partial charge in [-0.25, -0.2) is 8.42 Å². The molecule has 3 rings (SSSR count). The van der Waals surface area contributed by atoms with Crippen molar-refractivity contribution in [1.82, 2.24) is 10.2 Å². The van der Waals surface area contributed by atoms with Gasteiger partial charge in [0.2, 0.25) is 11.8 Å². The van der Waals surface area contributed by atoms with Crippen LogP contribution in [0.5, 0.6) is 5.75 Å². The number of nitrogens with one attached hydrogen (secondary N) is 1. The molecule has 0 bridgehead atoms. The predicted octanol–water partition coefficient (Wildman–Crippen LogP) is 4.52. The van der Waals surface area contributed by atoms with Gasteiger partial charge in [0.25, 0.3) is 15.7 Å². The number of nitro groups is 1. The summed E-state index contributed by atoms with van der Waals surface area (Å²) in [5.41, 5.74) is 0.317. The maximum Gasteiger partial charge on any atom is 0.271 e. The second-order valence-electron chi connectivity index (χ2n) is 9.71. The van der Waals surface area contributed by atoms with E-state index in [1.165, 1.54) is 42.3 Å². The summed E-state index contributed by atoms with van der Waals surface area (Å²) < 4.78 is 33.8. The minimum Gasteiger partial charge on any atom is -0.497 e. The highest BCUT2D eigenvalue weighted by Crippen LogP contribution is 2.28. The summed E-state index contributed by atoms with van der Waals surface area (Å²) in [4.78, 5) is 39.6. The molecule has 2 atom stereocenters. The number of amides is 2. The van der Waals surface area contributed by atoms with Gasteiger partial charge in [-0.3, -0.25) is 24.0 Å². The minimum absolute atomic E-state index is 0.0173. The van der Waals surface area contributed by atoms with Gasteiger partial charge in [0, 0.05) is 24.7 Å². The van der Waals surface area contributed by atoms with E-state index in [-0.39, 0.29) is 41.2 Å². The van der Waals surface area contributed by atoms with E-state index in [9.17, 15) is 28.1 Å². The molecule has 3 aromatic rings.